The lowest BCUT2D eigenvalue weighted by atomic mass is 10.0. The first-order valence-electron chi connectivity index (χ1n) is 7.04. The molecule has 1 aliphatic rings. The van der Waals surface area contributed by atoms with Crippen LogP contribution in [0.25, 0.3) is 11.3 Å². The van der Waals surface area contributed by atoms with Crippen molar-refractivity contribution in [3.63, 3.8) is 0 Å². The van der Waals surface area contributed by atoms with E-state index < -0.39 is 0 Å². The number of aryl methyl sites for hydroxylation is 3. The van der Waals surface area contributed by atoms with Crippen LogP contribution in [0.5, 0.6) is 0 Å². The molecule has 4 rings (SSSR count). The van der Waals surface area contributed by atoms with Crippen molar-refractivity contribution >= 4 is 22.4 Å². The molecule has 3 aromatic rings. The number of nitrogens with zero attached hydrogens (tertiary/aromatic N) is 2. The molecular weight excluding hydrogens is 300 g/mol. The first-order valence-corrected chi connectivity index (χ1v) is 7.86. The molecule has 3 heterocycles. The van der Waals surface area contributed by atoms with Crippen LogP contribution in [0, 0.1) is 6.92 Å². The second-order valence-corrected chi connectivity index (χ2v) is 6.37. The Morgan fingerprint density at radius 1 is 1.41 bits per heavy atom. The van der Waals surface area contributed by atoms with Crippen LogP contribution in [-0.4, -0.2) is 17.9 Å². The van der Waals surface area contributed by atoms with Gasteiger partial charge in [-0.3, -0.25) is 9.69 Å². The van der Waals surface area contributed by atoms with E-state index in [9.17, 15) is 4.79 Å². The molecule has 1 aliphatic carbocycles. The predicted molar refractivity (Wildman–Crippen MR) is 83.4 cm³/mol. The Balaban J connectivity index is 1.71. The fourth-order valence-electron chi connectivity index (χ4n) is 2.69. The SMILES string of the molecule is Cc1cc2c(o1)CCc1sc(N(C)C(=O)c3ccco3)nc1-2. The number of amides is 1. The molecule has 0 saturated carbocycles. The summed E-state index contributed by atoms with van der Waals surface area (Å²) >= 11 is 1.55. The van der Waals surface area contributed by atoms with Crippen LogP contribution >= 0.6 is 11.3 Å². The molecule has 5 nitrogen and oxygen atoms in total. The summed E-state index contributed by atoms with van der Waals surface area (Å²) in [6, 6.07) is 5.38. The minimum Gasteiger partial charge on any atom is -0.466 e. The largest absolute Gasteiger partial charge is 0.466 e. The number of aromatic nitrogens is 1. The number of hydrogen-bond donors (Lipinski definition) is 0. The molecule has 112 valence electrons. The average Bonchev–Trinajstić information content (AvgIpc) is 3.22. The normalized spacial score (nSPS) is 12.8. The van der Waals surface area contributed by atoms with Gasteiger partial charge in [0, 0.05) is 23.9 Å². The summed E-state index contributed by atoms with van der Waals surface area (Å²) in [5.41, 5.74) is 2.00. The summed E-state index contributed by atoms with van der Waals surface area (Å²) in [4.78, 5) is 19.7. The van der Waals surface area contributed by atoms with Crippen LogP contribution in [0.2, 0.25) is 0 Å². The van der Waals surface area contributed by atoms with Gasteiger partial charge in [-0.15, -0.1) is 11.3 Å². The second kappa shape index (κ2) is 4.84. The number of carbonyl (C=O) groups excluding carboxylic acids is 1. The standard InChI is InChI=1S/C16H14N2O3S/c1-9-8-10-11(21-9)5-6-13-14(10)17-16(22-13)18(2)15(19)12-4-3-7-20-12/h3-4,7-8H,5-6H2,1-2H3. The topological polar surface area (TPSA) is 59.5 Å². The van der Waals surface area contributed by atoms with Gasteiger partial charge in [0.1, 0.15) is 11.5 Å². The average molecular weight is 314 g/mol. The smallest absolute Gasteiger partial charge is 0.295 e. The number of thiazole rings is 1. The Bertz CT molecular complexity index is 845. The van der Waals surface area contributed by atoms with E-state index in [0.29, 0.717) is 10.9 Å². The monoisotopic (exact) mass is 314 g/mol. The molecule has 22 heavy (non-hydrogen) atoms. The Kier molecular flexibility index (Phi) is 2.94. The van der Waals surface area contributed by atoms with Crippen molar-refractivity contribution in [3.8, 4) is 11.3 Å². The highest BCUT2D eigenvalue weighted by Gasteiger charge is 2.27. The summed E-state index contributed by atoms with van der Waals surface area (Å²) in [7, 11) is 1.72. The number of hydrogen-bond acceptors (Lipinski definition) is 5. The number of carbonyl (C=O) groups is 1. The molecule has 0 unspecified atom stereocenters. The van der Waals surface area contributed by atoms with Crippen molar-refractivity contribution in [1.29, 1.82) is 0 Å². The van der Waals surface area contributed by atoms with Gasteiger partial charge in [0.05, 0.1) is 12.0 Å². The minimum atomic E-state index is -0.195. The van der Waals surface area contributed by atoms with Crippen LogP contribution in [0.15, 0.2) is 33.3 Å². The molecule has 6 heteroatoms. The van der Waals surface area contributed by atoms with E-state index in [0.717, 1.165) is 35.6 Å². The third-order valence-corrected chi connectivity index (χ3v) is 4.97. The van der Waals surface area contributed by atoms with E-state index in [-0.39, 0.29) is 5.91 Å². The number of fused-ring (bicyclic) bond motifs is 3. The van der Waals surface area contributed by atoms with Crippen molar-refractivity contribution in [2.45, 2.75) is 19.8 Å². The third-order valence-electron chi connectivity index (χ3n) is 3.78. The van der Waals surface area contributed by atoms with Gasteiger partial charge >= 0.3 is 0 Å². The maximum absolute atomic E-state index is 12.3. The van der Waals surface area contributed by atoms with Crippen LogP contribution in [0.4, 0.5) is 5.13 Å². The number of furan rings is 2. The molecule has 0 bridgehead atoms. The molecule has 0 N–H and O–H groups in total. The van der Waals surface area contributed by atoms with Crippen LogP contribution in [-0.2, 0) is 12.8 Å². The quantitative estimate of drug-likeness (QED) is 0.724. The van der Waals surface area contributed by atoms with E-state index in [2.05, 4.69) is 4.98 Å². The first kappa shape index (κ1) is 13.3. The van der Waals surface area contributed by atoms with E-state index in [1.165, 1.54) is 16.0 Å². The molecular formula is C16H14N2O3S. The zero-order valence-corrected chi connectivity index (χ0v) is 13.1. The minimum absolute atomic E-state index is 0.195. The van der Waals surface area contributed by atoms with Gasteiger partial charge in [-0.1, -0.05) is 0 Å². The highest BCUT2D eigenvalue weighted by atomic mass is 32.1. The molecule has 3 aromatic heterocycles. The van der Waals surface area contributed by atoms with E-state index >= 15 is 0 Å². The van der Waals surface area contributed by atoms with Crippen LogP contribution in [0.1, 0.15) is 27.0 Å². The van der Waals surface area contributed by atoms with Crippen molar-refractivity contribution in [3.05, 3.63) is 46.6 Å². The lowest BCUT2D eigenvalue weighted by Gasteiger charge is -2.11. The Morgan fingerprint density at radius 2 is 2.27 bits per heavy atom. The maximum atomic E-state index is 12.3. The fourth-order valence-corrected chi connectivity index (χ4v) is 3.72. The van der Waals surface area contributed by atoms with Crippen molar-refractivity contribution < 1.29 is 13.6 Å². The number of anilines is 1. The lowest BCUT2D eigenvalue weighted by Crippen LogP contribution is -2.25. The molecule has 0 aliphatic heterocycles. The van der Waals surface area contributed by atoms with E-state index in [1.54, 1.807) is 30.5 Å². The van der Waals surface area contributed by atoms with Crippen molar-refractivity contribution in [2.24, 2.45) is 0 Å². The third kappa shape index (κ3) is 1.99. The summed E-state index contributed by atoms with van der Waals surface area (Å²) in [5.74, 6) is 2.00. The van der Waals surface area contributed by atoms with Gasteiger partial charge in [0.2, 0.25) is 0 Å². The fraction of sp³-hybridized carbons (Fsp3) is 0.250. The van der Waals surface area contributed by atoms with Crippen molar-refractivity contribution in [1.82, 2.24) is 4.98 Å². The van der Waals surface area contributed by atoms with Crippen LogP contribution < -0.4 is 4.90 Å². The first-order chi connectivity index (χ1) is 10.6. The zero-order chi connectivity index (χ0) is 15.3. The predicted octanol–water partition coefficient (Wildman–Crippen LogP) is 3.68. The zero-order valence-electron chi connectivity index (χ0n) is 12.3. The van der Waals surface area contributed by atoms with Crippen molar-refractivity contribution in [2.75, 3.05) is 11.9 Å². The maximum Gasteiger partial charge on any atom is 0.295 e. The van der Waals surface area contributed by atoms with Gasteiger partial charge in [-0.2, -0.15) is 0 Å². The van der Waals surface area contributed by atoms with Gasteiger partial charge < -0.3 is 8.83 Å². The summed E-state index contributed by atoms with van der Waals surface area (Å²) in [6.45, 7) is 1.94. The molecule has 0 atom stereocenters. The highest BCUT2D eigenvalue weighted by molar-refractivity contribution is 7.16. The van der Waals surface area contributed by atoms with Gasteiger partial charge in [0.15, 0.2) is 10.9 Å². The Hall–Kier alpha value is -2.34. The molecule has 0 saturated heterocycles. The van der Waals surface area contributed by atoms with Gasteiger partial charge in [0.25, 0.3) is 5.91 Å². The van der Waals surface area contributed by atoms with E-state index in [1.807, 2.05) is 13.0 Å². The molecule has 0 spiro atoms. The highest BCUT2D eigenvalue weighted by Crippen LogP contribution is 2.40. The van der Waals surface area contributed by atoms with Gasteiger partial charge in [-0.05, 0) is 31.5 Å². The molecule has 0 radical (unpaired) electrons. The molecule has 0 aromatic carbocycles. The van der Waals surface area contributed by atoms with E-state index in [4.69, 9.17) is 8.83 Å². The Labute approximate surface area is 131 Å². The summed E-state index contributed by atoms with van der Waals surface area (Å²) in [5, 5.41) is 0.679. The lowest BCUT2D eigenvalue weighted by molar-refractivity contribution is 0.0966. The Morgan fingerprint density at radius 3 is 3.05 bits per heavy atom. The molecule has 1 amide bonds. The summed E-state index contributed by atoms with van der Waals surface area (Å²) in [6.07, 6.45) is 3.28. The number of rotatable bonds is 2. The van der Waals surface area contributed by atoms with Crippen LogP contribution in [0.3, 0.4) is 0 Å². The van der Waals surface area contributed by atoms with Gasteiger partial charge in [-0.25, -0.2) is 4.98 Å². The second-order valence-electron chi connectivity index (χ2n) is 5.30. The summed E-state index contributed by atoms with van der Waals surface area (Å²) < 4.78 is 10.9. The molecule has 0 fully saturated rings.